The van der Waals surface area contributed by atoms with Crippen LogP contribution < -0.4 is 10.6 Å². The second kappa shape index (κ2) is 8.25. The summed E-state index contributed by atoms with van der Waals surface area (Å²) in [6.45, 7) is 2.83. The van der Waals surface area contributed by atoms with Gasteiger partial charge in [0.15, 0.2) is 0 Å². The molecule has 5 heteroatoms. The van der Waals surface area contributed by atoms with Gasteiger partial charge in [0.25, 0.3) is 0 Å². The minimum atomic E-state index is -0.0788. The largest absolute Gasteiger partial charge is 0.355 e. The van der Waals surface area contributed by atoms with Crippen LogP contribution >= 0.6 is 0 Å². The van der Waals surface area contributed by atoms with Crippen molar-refractivity contribution in [3.63, 3.8) is 0 Å². The third-order valence-corrected chi connectivity index (χ3v) is 4.21. The Kier molecular flexibility index (Phi) is 6.99. The van der Waals surface area contributed by atoms with E-state index in [0.29, 0.717) is 13.0 Å². The molecule has 1 rings (SSSR count). The smallest absolute Gasteiger partial charge is 0.239 e. The van der Waals surface area contributed by atoms with Crippen LogP contribution in [-0.2, 0) is 9.59 Å². The molecule has 0 unspecified atom stereocenters. The number of carbonyl (C=O) groups excluding carboxylic acids is 2. The molecule has 2 amide bonds. The maximum Gasteiger partial charge on any atom is 0.239 e. The Morgan fingerprint density at radius 2 is 1.85 bits per heavy atom. The van der Waals surface area contributed by atoms with Crippen LogP contribution in [0.4, 0.5) is 0 Å². The van der Waals surface area contributed by atoms with E-state index in [0.717, 1.165) is 19.3 Å². The molecule has 0 aliphatic heterocycles. The summed E-state index contributed by atoms with van der Waals surface area (Å²) in [4.78, 5) is 25.5. The number of nitrogens with zero attached hydrogens (tertiary/aromatic N) is 1. The molecule has 1 fully saturated rings. The first-order chi connectivity index (χ1) is 9.53. The number of carbonyl (C=O) groups is 2. The lowest BCUT2D eigenvalue weighted by atomic mass is 9.79. The molecule has 1 aliphatic rings. The average molecular weight is 283 g/mol. The number of likely N-dealkylation sites (N-methyl/N-ethyl adjacent to an activating group) is 1. The summed E-state index contributed by atoms with van der Waals surface area (Å²) >= 11 is 0. The highest BCUT2D eigenvalue weighted by Gasteiger charge is 2.33. The van der Waals surface area contributed by atoms with E-state index in [1.807, 2.05) is 14.0 Å². The van der Waals surface area contributed by atoms with Crippen LogP contribution in [0.15, 0.2) is 0 Å². The van der Waals surface area contributed by atoms with Crippen LogP contribution in [0.3, 0.4) is 0 Å². The molecular weight excluding hydrogens is 254 g/mol. The lowest BCUT2D eigenvalue weighted by molar-refractivity contribution is -0.136. The van der Waals surface area contributed by atoms with Crippen LogP contribution in [-0.4, -0.2) is 49.4 Å². The summed E-state index contributed by atoms with van der Waals surface area (Å²) < 4.78 is 0. The molecular formula is C15H29N3O2. The fourth-order valence-electron chi connectivity index (χ4n) is 2.79. The Balaban J connectivity index is 2.45. The number of rotatable bonds is 7. The Hall–Kier alpha value is -1.10. The number of hydrogen-bond donors (Lipinski definition) is 2. The summed E-state index contributed by atoms with van der Waals surface area (Å²) in [6.07, 6.45) is 7.10. The van der Waals surface area contributed by atoms with Gasteiger partial charge in [0, 0.05) is 25.6 Å². The molecule has 0 aromatic heterocycles. The van der Waals surface area contributed by atoms with E-state index in [1.165, 1.54) is 19.3 Å². The zero-order chi connectivity index (χ0) is 15.0. The van der Waals surface area contributed by atoms with Crippen LogP contribution in [0.1, 0.15) is 51.9 Å². The molecule has 0 heterocycles. The van der Waals surface area contributed by atoms with E-state index in [2.05, 4.69) is 10.6 Å². The molecule has 0 saturated heterocycles. The highest BCUT2D eigenvalue weighted by Crippen LogP contribution is 2.31. The van der Waals surface area contributed by atoms with Crippen molar-refractivity contribution < 1.29 is 9.59 Å². The summed E-state index contributed by atoms with van der Waals surface area (Å²) in [5, 5.41) is 6.14. The van der Waals surface area contributed by atoms with Crippen LogP contribution in [0.2, 0.25) is 0 Å². The Morgan fingerprint density at radius 3 is 2.40 bits per heavy atom. The first-order valence-electron chi connectivity index (χ1n) is 7.72. The van der Waals surface area contributed by atoms with Crippen molar-refractivity contribution in [2.45, 2.75) is 57.4 Å². The lowest BCUT2D eigenvalue weighted by Crippen LogP contribution is -2.49. The van der Waals surface area contributed by atoms with Gasteiger partial charge in [-0.05, 0) is 26.3 Å². The minimum Gasteiger partial charge on any atom is -0.355 e. The molecule has 0 aromatic rings. The van der Waals surface area contributed by atoms with Gasteiger partial charge in [-0.25, -0.2) is 0 Å². The summed E-state index contributed by atoms with van der Waals surface area (Å²) in [5.74, 6) is -0.0299. The van der Waals surface area contributed by atoms with Crippen molar-refractivity contribution in [3.8, 4) is 0 Å². The van der Waals surface area contributed by atoms with Gasteiger partial charge in [-0.1, -0.05) is 26.2 Å². The van der Waals surface area contributed by atoms with Gasteiger partial charge < -0.3 is 15.5 Å². The summed E-state index contributed by atoms with van der Waals surface area (Å²) in [7, 11) is 3.65. The first-order valence-corrected chi connectivity index (χ1v) is 7.72. The molecule has 0 spiro atoms. The fourth-order valence-corrected chi connectivity index (χ4v) is 2.79. The van der Waals surface area contributed by atoms with Crippen LogP contribution in [0.25, 0.3) is 0 Å². The predicted octanol–water partition coefficient (Wildman–Crippen LogP) is 1.28. The summed E-state index contributed by atoms with van der Waals surface area (Å²) in [5.41, 5.74) is -0.0660. The normalized spacial score (nSPS) is 17.6. The Morgan fingerprint density at radius 1 is 1.20 bits per heavy atom. The predicted molar refractivity (Wildman–Crippen MR) is 80.4 cm³/mol. The van der Waals surface area contributed by atoms with Crippen molar-refractivity contribution >= 4 is 11.8 Å². The number of amides is 2. The Bertz CT molecular complexity index is 325. The molecule has 5 nitrogen and oxygen atoms in total. The quantitative estimate of drug-likeness (QED) is 0.740. The van der Waals surface area contributed by atoms with Gasteiger partial charge in [0.05, 0.1) is 6.54 Å². The second-order valence-electron chi connectivity index (χ2n) is 5.87. The molecule has 0 radical (unpaired) electrons. The van der Waals surface area contributed by atoms with Crippen molar-refractivity contribution in [2.24, 2.45) is 0 Å². The van der Waals surface area contributed by atoms with Crippen molar-refractivity contribution in [2.75, 3.05) is 27.2 Å². The van der Waals surface area contributed by atoms with Gasteiger partial charge in [-0.2, -0.15) is 0 Å². The molecule has 0 bridgehead atoms. The zero-order valence-electron chi connectivity index (χ0n) is 13.1. The molecule has 1 aliphatic carbocycles. The zero-order valence-corrected chi connectivity index (χ0v) is 13.1. The highest BCUT2D eigenvalue weighted by molar-refractivity contribution is 5.85. The van der Waals surface area contributed by atoms with E-state index in [4.69, 9.17) is 0 Å². The average Bonchev–Trinajstić information content (AvgIpc) is 2.46. The topological polar surface area (TPSA) is 61.4 Å². The van der Waals surface area contributed by atoms with Crippen molar-refractivity contribution in [3.05, 3.63) is 0 Å². The van der Waals surface area contributed by atoms with Gasteiger partial charge in [-0.3, -0.25) is 9.59 Å². The first kappa shape index (κ1) is 17.0. The maximum absolute atomic E-state index is 12.3. The molecule has 0 aromatic carbocycles. The number of hydrogen-bond acceptors (Lipinski definition) is 3. The van der Waals surface area contributed by atoms with Gasteiger partial charge >= 0.3 is 0 Å². The molecule has 116 valence electrons. The fraction of sp³-hybridized carbons (Fsp3) is 0.867. The van der Waals surface area contributed by atoms with E-state index in [1.54, 1.807) is 11.9 Å². The third-order valence-electron chi connectivity index (χ3n) is 4.21. The van der Waals surface area contributed by atoms with Gasteiger partial charge in [-0.15, -0.1) is 0 Å². The Labute approximate surface area is 122 Å². The summed E-state index contributed by atoms with van der Waals surface area (Å²) in [6, 6.07) is 0. The SMILES string of the molecule is CCCNC(=O)CN(C)C(=O)CC1(NC)CCCCC1. The van der Waals surface area contributed by atoms with E-state index >= 15 is 0 Å². The highest BCUT2D eigenvalue weighted by atomic mass is 16.2. The minimum absolute atomic E-state index is 0.0490. The van der Waals surface area contributed by atoms with Crippen LogP contribution in [0, 0.1) is 0 Å². The van der Waals surface area contributed by atoms with E-state index < -0.39 is 0 Å². The van der Waals surface area contributed by atoms with Crippen LogP contribution in [0.5, 0.6) is 0 Å². The maximum atomic E-state index is 12.3. The van der Waals surface area contributed by atoms with Crippen molar-refractivity contribution in [1.82, 2.24) is 15.5 Å². The molecule has 0 atom stereocenters. The monoisotopic (exact) mass is 283 g/mol. The number of nitrogens with one attached hydrogen (secondary N) is 2. The molecule has 1 saturated carbocycles. The lowest BCUT2D eigenvalue weighted by Gasteiger charge is -2.37. The van der Waals surface area contributed by atoms with E-state index in [-0.39, 0.29) is 23.9 Å². The van der Waals surface area contributed by atoms with Crippen molar-refractivity contribution in [1.29, 1.82) is 0 Å². The van der Waals surface area contributed by atoms with E-state index in [9.17, 15) is 9.59 Å². The third kappa shape index (κ3) is 5.12. The van der Waals surface area contributed by atoms with Gasteiger partial charge in [0.1, 0.15) is 0 Å². The standard InChI is InChI=1S/C15H29N3O2/c1-4-10-17-13(19)12-18(3)14(20)11-15(16-2)8-6-5-7-9-15/h16H,4-12H2,1-3H3,(H,17,19). The molecule has 2 N–H and O–H groups in total. The van der Waals surface area contributed by atoms with Gasteiger partial charge in [0.2, 0.25) is 11.8 Å². The second-order valence-corrected chi connectivity index (χ2v) is 5.87. The molecule has 20 heavy (non-hydrogen) atoms.